The number of amides is 1. The molecule has 37 heavy (non-hydrogen) atoms. The standard InChI is InChI=1S/C25H28F7N3O2/c1-14(2)22(16-10-17(24(27,28)29)12-18(11-16)25(30,31)32)34(4)23(36)37-35-8-7-33-13-21(35)20-6-5-19(26)9-15(20)3/h5-6,9-12,14,21-22,33H,7-8,13H2,1-4H3. The van der Waals surface area contributed by atoms with E-state index in [1.807, 2.05) is 0 Å². The van der Waals surface area contributed by atoms with E-state index in [2.05, 4.69) is 5.32 Å². The SMILES string of the molecule is Cc1cc(F)ccc1C1CNCCN1OC(=O)N(C)C(c1cc(C(F)(F)F)cc(C(F)(F)F)c1)C(C)C. The first kappa shape index (κ1) is 28.7. The Balaban J connectivity index is 1.92. The van der Waals surface area contributed by atoms with Gasteiger partial charge in [0.1, 0.15) is 5.82 Å². The maximum Gasteiger partial charge on any atom is 0.429 e. The van der Waals surface area contributed by atoms with Crippen LogP contribution in [0.25, 0.3) is 0 Å². The fourth-order valence-electron chi connectivity index (χ4n) is 4.56. The number of piperazine rings is 1. The molecule has 0 spiro atoms. The lowest BCUT2D eigenvalue weighted by molar-refractivity contribution is -0.153. The lowest BCUT2D eigenvalue weighted by Gasteiger charge is -2.38. The van der Waals surface area contributed by atoms with Crippen molar-refractivity contribution in [1.29, 1.82) is 0 Å². The first-order valence-electron chi connectivity index (χ1n) is 11.6. The number of rotatable bonds is 5. The fourth-order valence-corrected chi connectivity index (χ4v) is 4.56. The zero-order chi connectivity index (χ0) is 27.7. The van der Waals surface area contributed by atoms with E-state index < -0.39 is 53.4 Å². The molecule has 2 atom stereocenters. The number of hydrogen-bond acceptors (Lipinski definition) is 4. The third kappa shape index (κ3) is 6.72. The highest BCUT2D eigenvalue weighted by Crippen LogP contribution is 2.40. The van der Waals surface area contributed by atoms with Crippen LogP contribution in [-0.2, 0) is 17.2 Å². The summed E-state index contributed by atoms with van der Waals surface area (Å²) < 4.78 is 94.1. The Hall–Kier alpha value is -2.86. The van der Waals surface area contributed by atoms with Crippen molar-refractivity contribution in [2.75, 3.05) is 26.7 Å². The average Bonchev–Trinajstić information content (AvgIpc) is 2.78. The second kappa shape index (κ2) is 10.9. The molecule has 1 amide bonds. The fraction of sp³-hybridized carbons (Fsp3) is 0.480. The topological polar surface area (TPSA) is 44.8 Å². The van der Waals surface area contributed by atoms with Crippen LogP contribution in [0.1, 0.15) is 53.7 Å². The van der Waals surface area contributed by atoms with E-state index >= 15 is 0 Å². The van der Waals surface area contributed by atoms with Gasteiger partial charge in [0.2, 0.25) is 0 Å². The third-order valence-corrected chi connectivity index (χ3v) is 6.27. The first-order valence-corrected chi connectivity index (χ1v) is 11.6. The van der Waals surface area contributed by atoms with E-state index in [0.717, 1.165) is 4.90 Å². The maximum atomic E-state index is 13.6. The van der Waals surface area contributed by atoms with Crippen LogP contribution in [0, 0.1) is 18.7 Å². The number of carbonyl (C=O) groups excluding carboxylic acids is 1. The molecule has 2 aromatic carbocycles. The predicted octanol–water partition coefficient (Wildman–Crippen LogP) is 6.50. The summed E-state index contributed by atoms with van der Waals surface area (Å²) in [6, 6.07) is 3.87. The number of benzene rings is 2. The van der Waals surface area contributed by atoms with Gasteiger partial charge in [-0.3, -0.25) is 0 Å². The number of halogens is 7. The summed E-state index contributed by atoms with van der Waals surface area (Å²) in [5.41, 5.74) is -1.90. The largest absolute Gasteiger partial charge is 0.429 e. The van der Waals surface area contributed by atoms with Crippen LogP contribution in [0.5, 0.6) is 0 Å². The zero-order valence-electron chi connectivity index (χ0n) is 20.7. The zero-order valence-corrected chi connectivity index (χ0v) is 20.7. The van der Waals surface area contributed by atoms with Gasteiger partial charge in [-0.05, 0) is 59.9 Å². The van der Waals surface area contributed by atoms with Gasteiger partial charge in [-0.2, -0.15) is 26.3 Å². The van der Waals surface area contributed by atoms with Crippen molar-refractivity contribution in [2.45, 2.75) is 45.2 Å². The second-order valence-corrected chi connectivity index (χ2v) is 9.36. The molecule has 204 valence electrons. The molecule has 0 saturated carbocycles. The second-order valence-electron chi connectivity index (χ2n) is 9.36. The van der Waals surface area contributed by atoms with Crippen molar-refractivity contribution in [2.24, 2.45) is 5.92 Å². The number of nitrogens with one attached hydrogen (secondary N) is 1. The van der Waals surface area contributed by atoms with Crippen LogP contribution < -0.4 is 5.32 Å². The van der Waals surface area contributed by atoms with E-state index in [9.17, 15) is 35.5 Å². The van der Waals surface area contributed by atoms with Gasteiger partial charge >= 0.3 is 18.4 Å². The van der Waals surface area contributed by atoms with Crippen LogP contribution >= 0.6 is 0 Å². The normalized spacial score (nSPS) is 18.1. The first-order chi connectivity index (χ1) is 17.1. The van der Waals surface area contributed by atoms with Crippen LogP contribution in [0.4, 0.5) is 35.5 Å². The van der Waals surface area contributed by atoms with E-state index in [1.54, 1.807) is 26.8 Å². The Morgan fingerprint density at radius 1 is 1.05 bits per heavy atom. The highest BCUT2D eigenvalue weighted by molar-refractivity contribution is 5.68. The molecule has 12 heteroatoms. The number of alkyl halides is 6. The van der Waals surface area contributed by atoms with Crippen LogP contribution in [0.15, 0.2) is 36.4 Å². The Morgan fingerprint density at radius 2 is 1.65 bits per heavy atom. The van der Waals surface area contributed by atoms with Crippen molar-refractivity contribution in [3.05, 3.63) is 70.0 Å². The van der Waals surface area contributed by atoms with Crippen molar-refractivity contribution >= 4 is 6.09 Å². The Bertz CT molecular complexity index is 1090. The van der Waals surface area contributed by atoms with Gasteiger partial charge < -0.3 is 15.1 Å². The molecule has 0 aromatic heterocycles. The van der Waals surface area contributed by atoms with Gasteiger partial charge in [0.25, 0.3) is 0 Å². The lowest BCUT2D eigenvalue weighted by Crippen LogP contribution is -2.49. The number of hydrogen-bond donors (Lipinski definition) is 1. The number of aryl methyl sites for hydroxylation is 1. The molecule has 1 aliphatic rings. The van der Waals surface area contributed by atoms with Gasteiger partial charge in [0.15, 0.2) is 0 Å². The minimum Gasteiger partial charge on any atom is -0.350 e. The summed E-state index contributed by atoms with van der Waals surface area (Å²) in [7, 11) is 1.26. The summed E-state index contributed by atoms with van der Waals surface area (Å²) in [6.07, 6.45) is -11.0. The molecule has 1 heterocycles. The molecular formula is C25H28F7N3O2. The van der Waals surface area contributed by atoms with Gasteiger partial charge in [-0.15, -0.1) is 5.06 Å². The molecule has 2 aromatic rings. The lowest BCUT2D eigenvalue weighted by atomic mass is 9.91. The molecule has 1 fully saturated rings. The minimum atomic E-state index is -5.02. The van der Waals surface area contributed by atoms with Crippen LogP contribution in [-0.4, -0.2) is 42.7 Å². The summed E-state index contributed by atoms with van der Waals surface area (Å²) in [5.74, 6) is -0.979. The van der Waals surface area contributed by atoms with Crippen LogP contribution in [0.2, 0.25) is 0 Å². The molecule has 0 bridgehead atoms. The van der Waals surface area contributed by atoms with E-state index in [4.69, 9.17) is 4.84 Å². The predicted molar refractivity (Wildman–Crippen MR) is 122 cm³/mol. The molecule has 0 aliphatic carbocycles. The van der Waals surface area contributed by atoms with Crippen molar-refractivity contribution in [3.8, 4) is 0 Å². The monoisotopic (exact) mass is 535 g/mol. The van der Waals surface area contributed by atoms with Crippen molar-refractivity contribution in [1.82, 2.24) is 15.3 Å². The maximum absolute atomic E-state index is 13.6. The van der Waals surface area contributed by atoms with Crippen molar-refractivity contribution in [3.63, 3.8) is 0 Å². The minimum absolute atomic E-state index is 0.0512. The summed E-state index contributed by atoms with van der Waals surface area (Å²) in [6.45, 7) is 5.97. The molecule has 0 radical (unpaired) electrons. The van der Waals surface area contributed by atoms with E-state index in [-0.39, 0.29) is 18.2 Å². The third-order valence-electron chi connectivity index (χ3n) is 6.27. The average molecular weight is 536 g/mol. The highest BCUT2D eigenvalue weighted by atomic mass is 19.4. The number of hydroxylamine groups is 2. The quantitative estimate of drug-likeness (QED) is 0.444. The van der Waals surface area contributed by atoms with Crippen molar-refractivity contribution < 1.29 is 40.4 Å². The summed E-state index contributed by atoms with van der Waals surface area (Å²) >= 11 is 0. The Kier molecular flexibility index (Phi) is 8.43. The number of nitrogens with zero attached hydrogens (tertiary/aromatic N) is 2. The molecule has 1 N–H and O–H groups in total. The van der Waals surface area contributed by atoms with Gasteiger partial charge in [-0.1, -0.05) is 19.9 Å². The van der Waals surface area contributed by atoms with Crippen LogP contribution in [0.3, 0.4) is 0 Å². The molecule has 2 unspecified atom stereocenters. The van der Waals surface area contributed by atoms with Gasteiger partial charge in [0.05, 0.1) is 23.2 Å². The van der Waals surface area contributed by atoms with Gasteiger partial charge in [0, 0.05) is 26.7 Å². The molecule has 3 rings (SSSR count). The highest BCUT2D eigenvalue weighted by Gasteiger charge is 2.39. The molecule has 1 saturated heterocycles. The molecule has 1 aliphatic heterocycles. The van der Waals surface area contributed by atoms with E-state index in [1.165, 1.54) is 24.2 Å². The van der Waals surface area contributed by atoms with E-state index in [0.29, 0.717) is 36.3 Å². The number of carbonyl (C=O) groups is 1. The summed E-state index contributed by atoms with van der Waals surface area (Å²) in [4.78, 5) is 19.7. The Morgan fingerprint density at radius 3 is 2.16 bits per heavy atom. The smallest absolute Gasteiger partial charge is 0.350 e. The summed E-state index contributed by atoms with van der Waals surface area (Å²) in [5, 5.41) is 4.55. The molecular weight excluding hydrogens is 507 g/mol. The molecule has 5 nitrogen and oxygen atoms in total. The van der Waals surface area contributed by atoms with Gasteiger partial charge in [-0.25, -0.2) is 9.18 Å². The Labute approximate surface area is 210 Å².